The average Bonchev–Trinajstić information content (AvgIpc) is 2.46. The van der Waals surface area contributed by atoms with Gasteiger partial charge in [-0.1, -0.05) is 13.2 Å². The zero-order chi connectivity index (χ0) is 8.27. The first-order valence-corrected chi connectivity index (χ1v) is 3.19. The molecule has 0 radical (unpaired) electrons. The lowest BCUT2D eigenvalue weighted by molar-refractivity contribution is 0.400. The minimum Gasteiger partial charge on any atom is -0.480 e. The Kier molecular flexibility index (Phi) is 2.11. The normalized spacial score (nSPS) is 9.18. The molecule has 0 spiro atoms. The van der Waals surface area contributed by atoms with Gasteiger partial charge in [-0.2, -0.15) is 4.98 Å². The minimum atomic E-state index is 0.569. The Morgan fingerprint density at radius 1 is 1.64 bits per heavy atom. The van der Waals surface area contributed by atoms with E-state index < -0.39 is 0 Å². The molecule has 1 aromatic heterocycles. The van der Waals surface area contributed by atoms with Gasteiger partial charge in [-0.05, 0) is 6.08 Å². The molecule has 0 unspecified atom stereocenters. The number of hydrogen-bond acceptors (Lipinski definition) is 2. The fourth-order valence-electron chi connectivity index (χ4n) is 0.780. The van der Waals surface area contributed by atoms with Crippen LogP contribution in [0.25, 0.3) is 12.3 Å². The molecule has 0 saturated carbocycles. The average molecular weight is 150 g/mol. The first kappa shape index (κ1) is 7.60. The maximum absolute atomic E-state index is 4.91. The third kappa shape index (κ3) is 1.32. The highest BCUT2D eigenvalue weighted by molar-refractivity contribution is 5.43. The van der Waals surface area contributed by atoms with E-state index in [4.69, 9.17) is 4.74 Å². The first-order chi connectivity index (χ1) is 5.31. The summed E-state index contributed by atoms with van der Waals surface area (Å²) < 4.78 is 6.65. The van der Waals surface area contributed by atoms with Gasteiger partial charge in [0.1, 0.15) is 5.82 Å². The number of rotatable bonds is 3. The van der Waals surface area contributed by atoms with Crippen LogP contribution < -0.4 is 4.74 Å². The third-order valence-corrected chi connectivity index (χ3v) is 1.33. The number of hydrogen-bond donors (Lipinski definition) is 0. The molecule has 0 atom stereocenters. The molecule has 3 heteroatoms. The van der Waals surface area contributed by atoms with Crippen LogP contribution in [0.1, 0.15) is 5.82 Å². The number of methoxy groups -OCH3 is 1. The van der Waals surface area contributed by atoms with Crippen LogP contribution in [0.2, 0.25) is 0 Å². The van der Waals surface area contributed by atoms with Gasteiger partial charge in [0.2, 0.25) is 5.88 Å². The van der Waals surface area contributed by atoms with Crippen molar-refractivity contribution in [2.75, 3.05) is 7.11 Å². The van der Waals surface area contributed by atoms with E-state index in [0.717, 1.165) is 5.82 Å². The van der Waals surface area contributed by atoms with Crippen molar-refractivity contribution in [1.29, 1.82) is 0 Å². The van der Waals surface area contributed by atoms with Crippen LogP contribution in [0, 0.1) is 0 Å². The number of nitrogens with zero attached hydrogens (tertiary/aromatic N) is 2. The maximum atomic E-state index is 4.91. The topological polar surface area (TPSA) is 27.1 Å². The zero-order valence-corrected chi connectivity index (χ0v) is 6.45. The third-order valence-electron chi connectivity index (χ3n) is 1.33. The molecule has 0 aliphatic heterocycles. The predicted octanol–water partition coefficient (Wildman–Crippen LogP) is 1.64. The molecule has 0 N–H and O–H groups in total. The molecule has 0 amide bonds. The lowest BCUT2D eigenvalue weighted by atomic mass is 10.6. The van der Waals surface area contributed by atoms with Gasteiger partial charge < -0.3 is 9.30 Å². The Bertz CT molecular complexity index is 250. The van der Waals surface area contributed by atoms with E-state index in [9.17, 15) is 0 Å². The molecule has 1 aromatic rings. The molecule has 0 aromatic carbocycles. The van der Waals surface area contributed by atoms with Crippen molar-refractivity contribution in [1.82, 2.24) is 9.55 Å². The molecule has 0 saturated heterocycles. The fourth-order valence-corrected chi connectivity index (χ4v) is 0.780. The summed E-state index contributed by atoms with van der Waals surface area (Å²) in [7, 11) is 1.57. The molecule has 3 nitrogen and oxygen atoms in total. The van der Waals surface area contributed by atoms with Crippen LogP contribution in [-0.4, -0.2) is 16.7 Å². The lowest BCUT2D eigenvalue weighted by Gasteiger charge is -1.90. The smallest absolute Gasteiger partial charge is 0.232 e. The number of aromatic nitrogens is 2. The van der Waals surface area contributed by atoms with Crippen LogP contribution >= 0.6 is 0 Å². The van der Waals surface area contributed by atoms with Crippen LogP contribution in [0.4, 0.5) is 0 Å². The van der Waals surface area contributed by atoms with Gasteiger partial charge in [0.15, 0.2) is 0 Å². The molecular formula is C8H10N2O. The largest absolute Gasteiger partial charge is 0.480 e. The monoisotopic (exact) mass is 150 g/mol. The van der Waals surface area contributed by atoms with Crippen molar-refractivity contribution in [3.63, 3.8) is 0 Å². The summed E-state index contributed by atoms with van der Waals surface area (Å²) in [5, 5.41) is 0. The highest BCUT2D eigenvalue weighted by Gasteiger charge is 2.00. The van der Waals surface area contributed by atoms with Crippen LogP contribution in [0.5, 0.6) is 5.88 Å². The summed E-state index contributed by atoms with van der Waals surface area (Å²) >= 11 is 0. The fraction of sp³-hybridized carbons (Fsp3) is 0.125. The van der Waals surface area contributed by atoms with Gasteiger partial charge in [0, 0.05) is 6.20 Å². The highest BCUT2D eigenvalue weighted by atomic mass is 16.5. The van der Waals surface area contributed by atoms with E-state index in [1.807, 2.05) is 0 Å². The Balaban J connectivity index is 3.11. The molecule has 58 valence electrons. The van der Waals surface area contributed by atoms with Crippen molar-refractivity contribution in [2.45, 2.75) is 0 Å². The Hall–Kier alpha value is -1.51. The number of imidazole rings is 1. The zero-order valence-electron chi connectivity index (χ0n) is 6.45. The van der Waals surface area contributed by atoms with Crippen molar-refractivity contribution in [2.24, 2.45) is 0 Å². The Labute approximate surface area is 65.6 Å². The Morgan fingerprint density at radius 2 is 2.36 bits per heavy atom. The van der Waals surface area contributed by atoms with Gasteiger partial charge in [-0.3, -0.25) is 0 Å². The van der Waals surface area contributed by atoms with Crippen LogP contribution in [0.3, 0.4) is 0 Å². The van der Waals surface area contributed by atoms with Crippen molar-refractivity contribution < 1.29 is 4.74 Å². The molecule has 1 heterocycles. The highest BCUT2D eigenvalue weighted by Crippen LogP contribution is 2.10. The summed E-state index contributed by atoms with van der Waals surface area (Å²) in [4.78, 5) is 4.07. The van der Waals surface area contributed by atoms with E-state index in [0.29, 0.717) is 5.88 Å². The second kappa shape index (κ2) is 3.05. The SMILES string of the molecule is C=Cc1nc(OC)cn1C=C. The molecule has 1 rings (SSSR count). The van der Waals surface area contributed by atoms with E-state index in [1.165, 1.54) is 0 Å². The molecule has 0 bridgehead atoms. The first-order valence-electron chi connectivity index (χ1n) is 3.19. The van der Waals surface area contributed by atoms with Crippen molar-refractivity contribution in [3.05, 3.63) is 25.2 Å². The molecular weight excluding hydrogens is 140 g/mol. The van der Waals surface area contributed by atoms with Crippen molar-refractivity contribution >= 4 is 12.3 Å². The van der Waals surface area contributed by atoms with Gasteiger partial charge in [0.05, 0.1) is 13.3 Å². The van der Waals surface area contributed by atoms with E-state index in [-0.39, 0.29) is 0 Å². The second-order valence-corrected chi connectivity index (χ2v) is 1.94. The molecule has 0 aliphatic carbocycles. The quantitative estimate of drug-likeness (QED) is 0.654. The van der Waals surface area contributed by atoms with E-state index in [1.54, 1.807) is 30.1 Å². The predicted molar refractivity (Wildman–Crippen MR) is 45.3 cm³/mol. The van der Waals surface area contributed by atoms with Gasteiger partial charge in [0.25, 0.3) is 0 Å². The molecule has 11 heavy (non-hydrogen) atoms. The summed E-state index contributed by atoms with van der Waals surface area (Å²) in [6, 6.07) is 0. The van der Waals surface area contributed by atoms with Crippen molar-refractivity contribution in [3.8, 4) is 5.88 Å². The summed E-state index contributed by atoms with van der Waals surface area (Å²) in [6.07, 6.45) is 5.03. The molecule has 0 fully saturated rings. The minimum absolute atomic E-state index is 0.569. The Morgan fingerprint density at radius 3 is 2.73 bits per heavy atom. The van der Waals surface area contributed by atoms with E-state index >= 15 is 0 Å². The van der Waals surface area contributed by atoms with Gasteiger partial charge in [-0.25, -0.2) is 0 Å². The van der Waals surface area contributed by atoms with Crippen LogP contribution in [0.15, 0.2) is 19.4 Å². The van der Waals surface area contributed by atoms with Gasteiger partial charge >= 0.3 is 0 Å². The van der Waals surface area contributed by atoms with E-state index in [2.05, 4.69) is 18.1 Å². The summed E-state index contributed by atoms with van der Waals surface area (Å²) in [6.45, 7) is 7.21. The lowest BCUT2D eigenvalue weighted by Crippen LogP contribution is -1.85. The van der Waals surface area contributed by atoms with Gasteiger partial charge in [-0.15, -0.1) is 0 Å². The summed E-state index contributed by atoms with van der Waals surface area (Å²) in [5.41, 5.74) is 0. The maximum Gasteiger partial charge on any atom is 0.232 e. The molecule has 0 aliphatic rings. The second-order valence-electron chi connectivity index (χ2n) is 1.94. The summed E-state index contributed by atoms with van der Waals surface area (Å²) in [5.74, 6) is 1.30. The van der Waals surface area contributed by atoms with Crippen LogP contribution in [-0.2, 0) is 0 Å². The number of ether oxygens (including phenoxy) is 1. The standard InChI is InChI=1S/C8H10N2O/c1-4-7-9-8(11-3)6-10(7)5-2/h4-6H,1-2H2,3H3.